The van der Waals surface area contributed by atoms with Gasteiger partial charge in [0.25, 0.3) is 11.8 Å². The molecule has 7 nitrogen and oxygen atoms in total. The van der Waals surface area contributed by atoms with E-state index < -0.39 is 21.7 Å². The van der Waals surface area contributed by atoms with Crippen LogP contribution in [0.25, 0.3) is 6.08 Å². The lowest BCUT2D eigenvalue weighted by molar-refractivity contribution is -0.117. The van der Waals surface area contributed by atoms with Gasteiger partial charge in [-0.15, -0.1) is 0 Å². The molecule has 0 aliphatic heterocycles. The van der Waals surface area contributed by atoms with Crippen molar-refractivity contribution >= 4 is 27.7 Å². The van der Waals surface area contributed by atoms with Crippen LogP contribution >= 0.6 is 0 Å². The Kier molecular flexibility index (Phi) is 4.97. The van der Waals surface area contributed by atoms with Crippen molar-refractivity contribution < 1.29 is 22.4 Å². The minimum atomic E-state index is -3.41. The second-order valence-electron chi connectivity index (χ2n) is 4.59. The van der Waals surface area contributed by atoms with Crippen molar-refractivity contribution in [1.82, 2.24) is 10.9 Å². The number of furan rings is 1. The average Bonchev–Trinajstić information content (AvgIpc) is 3.03. The van der Waals surface area contributed by atoms with E-state index in [1.165, 1.54) is 42.7 Å². The number of hydrogen-bond donors (Lipinski definition) is 2. The molecule has 23 heavy (non-hydrogen) atoms. The lowest BCUT2D eigenvalue weighted by atomic mass is 10.2. The zero-order valence-corrected chi connectivity index (χ0v) is 13.0. The quantitative estimate of drug-likeness (QED) is 0.645. The first-order valence-electron chi connectivity index (χ1n) is 6.48. The fourth-order valence-electron chi connectivity index (χ4n) is 1.64. The number of carbonyl (C=O) groups excluding carboxylic acids is 2. The van der Waals surface area contributed by atoms with Crippen LogP contribution in [0.15, 0.2) is 58.1 Å². The van der Waals surface area contributed by atoms with Crippen molar-refractivity contribution in [3.63, 3.8) is 0 Å². The normalized spacial score (nSPS) is 11.3. The van der Waals surface area contributed by atoms with Gasteiger partial charge in [-0.1, -0.05) is 6.07 Å². The number of carbonyl (C=O) groups is 2. The highest BCUT2D eigenvalue weighted by Gasteiger charge is 2.11. The SMILES string of the molecule is CS(=O)(=O)c1cccc(C(=O)NNC(=O)C=Cc2ccco2)c1. The molecule has 1 aromatic heterocycles. The first-order valence-corrected chi connectivity index (χ1v) is 8.37. The molecule has 2 rings (SSSR count). The molecule has 0 aliphatic rings. The molecule has 1 heterocycles. The summed E-state index contributed by atoms with van der Waals surface area (Å²) in [5.74, 6) is -0.698. The summed E-state index contributed by atoms with van der Waals surface area (Å²) in [6.07, 6.45) is 5.14. The molecular formula is C15H14N2O5S. The molecule has 2 N–H and O–H groups in total. The summed E-state index contributed by atoms with van der Waals surface area (Å²) in [5, 5.41) is 0. The Morgan fingerprint density at radius 2 is 1.91 bits per heavy atom. The fourth-order valence-corrected chi connectivity index (χ4v) is 2.31. The van der Waals surface area contributed by atoms with Crippen LogP contribution in [-0.4, -0.2) is 26.5 Å². The average molecular weight is 334 g/mol. The summed E-state index contributed by atoms with van der Waals surface area (Å²) in [4.78, 5) is 23.5. The zero-order chi connectivity index (χ0) is 16.9. The molecule has 0 saturated heterocycles. The van der Waals surface area contributed by atoms with Gasteiger partial charge in [0.15, 0.2) is 9.84 Å². The summed E-state index contributed by atoms with van der Waals surface area (Å²) < 4.78 is 27.9. The third kappa shape index (κ3) is 4.82. The fraction of sp³-hybridized carbons (Fsp3) is 0.0667. The van der Waals surface area contributed by atoms with E-state index in [-0.39, 0.29) is 10.5 Å². The number of hydrazine groups is 1. The van der Waals surface area contributed by atoms with E-state index in [0.29, 0.717) is 5.76 Å². The lowest BCUT2D eigenvalue weighted by Gasteiger charge is -2.06. The molecule has 1 aromatic carbocycles. The number of rotatable bonds is 4. The minimum absolute atomic E-state index is 0.0224. The molecule has 0 atom stereocenters. The molecule has 0 spiro atoms. The summed E-state index contributed by atoms with van der Waals surface area (Å²) in [5.41, 5.74) is 4.49. The molecule has 0 fully saturated rings. The Morgan fingerprint density at radius 3 is 2.57 bits per heavy atom. The van der Waals surface area contributed by atoms with Crippen molar-refractivity contribution in [3.05, 3.63) is 60.1 Å². The van der Waals surface area contributed by atoms with E-state index in [1.54, 1.807) is 12.1 Å². The van der Waals surface area contributed by atoms with Crippen molar-refractivity contribution in [1.29, 1.82) is 0 Å². The summed E-state index contributed by atoms with van der Waals surface area (Å²) >= 11 is 0. The van der Waals surface area contributed by atoms with Gasteiger partial charge in [0.05, 0.1) is 11.2 Å². The number of nitrogens with one attached hydrogen (secondary N) is 2. The Morgan fingerprint density at radius 1 is 1.13 bits per heavy atom. The van der Waals surface area contributed by atoms with Crippen LogP contribution in [0.4, 0.5) is 0 Å². The maximum atomic E-state index is 11.9. The molecule has 8 heteroatoms. The zero-order valence-electron chi connectivity index (χ0n) is 12.1. The second kappa shape index (κ2) is 6.93. The smallest absolute Gasteiger partial charge is 0.269 e. The van der Waals surface area contributed by atoms with Gasteiger partial charge in [-0.2, -0.15) is 0 Å². The van der Waals surface area contributed by atoms with E-state index in [1.807, 2.05) is 0 Å². The Hall–Kier alpha value is -2.87. The molecule has 0 saturated carbocycles. The summed E-state index contributed by atoms with van der Waals surface area (Å²) in [7, 11) is -3.41. The molecule has 2 aromatic rings. The van der Waals surface area contributed by atoms with Crippen molar-refractivity contribution in [3.8, 4) is 0 Å². The van der Waals surface area contributed by atoms with Crippen LogP contribution in [0.1, 0.15) is 16.1 Å². The molecule has 2 amide bonds. The Bertz CT molecular complexity index is 839. The van der Waals surface area contributed by atoms with E-state index >= 15 is 0 Å². The van der Waals surface area contributed by atoms with E-state index in [4.69, 9.17) is 4.42 Å². The highest BCUT2D eigenvalue weighted by molar-refractivity contribution is 7.90. The van der Waals surface area contributed by atoms with Crippen molar-refractivity contribution in [2.24, 2.45) is 0 Å². The minimum Gasteiger partial charge on any atom is -0.465 e. The third-order valence-electron chi connectivity index (χ3n) is 2.77. The van der Waals surface area contributed by atoms with Crippen LogP contribution in [0.3, 0.4) is 0 Å². The standard InChI is InChI=1S/C15H14N2O5S/c1-23(20,21)13-6-2-4-11(10-13)15(19)17-16-14(18)8-7-12-5-3-9-22-12/h2-10H,1H3,(H,16,18)(H,17,19). The number of amides is 2. The Balaban J connectivity index is 1.96. The van der Waals surface area contributed by atoms with E-state index in [9.17, 15) is 18.0 Å². The van der Waals surface area contributed by atoms with Gasteiger partial charge in [0.1, 0.15) is 5.76 Å². The van der Waals surface area contributed by atoms with Crippen LogP contribution in [0.5, 0.6) is 0 Å². The largest absolute Gasteiger partial charge is 0.465 e. The molecule has 0 unspecified atom stereocenters. The maximum Gasteiger partial charge on any atom is 0.269 e. The monoisotopic (exact) mass is 334 g/mol. The number of benzene rings is 1. The van der Waals surface area contributed by atoms with E-state index in [2.05, 4.69) is 10.9 Å². The first-order chi connectivity index (χ1) is 10.9. The topological polar surface area (TPSA) is 105 Å². The predicted molar refractivity (Wildman–Crippen MR) is 82.9 cm³/mol. The van der Waals surface area contributed by atoms with Crippen LogP contribution in [0, 0.1) is 0 Å². The third-order valence-corrected chi connectivity index (χ3v) is 3.88. The molecular weight excluding hydrogens is 320 g/mol. The predicted octanol–water partition coefficient (Wildman–Crippen LogP) is 1.16. The number of hydrogen-bond acceptors (Lipinski definition) is 5. The molecule has 0 aliphatic carbocycles. The Labute approximate surface area is 132 Å². The lowest BCUT2D eigenvalue weighted by Crippen LogP contribution is -2.40. The van der Waals surface area contributed by atoms with Crippen LogP contribution in [0.2, 0.25) is 0 Å². The highest BCUT2D eigenvalue weighted by atomic mass is 32.2. The van der Waals surface area contributed by atoms with Gasteiger partial charge >= 0.3 is 0 Å². The van der Waals surface area contributed by atoms with Gasteiger partial charge in [-0.3, -0.25) is 20.4 Å². The van der Waals surface area contributed by atoms with Gasteiger partial charge in [-0.25, -0.2) is 8.42 Å². The van der Waals surface area contributed by atoms with Crippen LogP contribution < -0.4 is 10.9 Å². The van der Waals surface area contributed by atoms with Crippen molar-refractivity contribution in [2.75, 3.05) is 6.26 Å². The van der Waals surface area contributed by atoms with E-state index in [0.717, 1.165) is 6.26 Å². The molecule has 120 valence electrons. The molecule has 0 bridgehead atoms. The van der Waals surface area contributed by atoms with Crippen LogP contribution in [-0.2, 0) is 14.6 Å². The van der Waals surface area contributed by atoms with Gasteiger partial charge in [0.2, 0.25) is 0 Å². The van der Waals surface area contributed by atoms with Crippen molar-refractivity contribution in [2.45, 2.75) is 4.90 Å². The van der Waals surface area contributed by atoms with Gasteiger partial charge in [0, 0.05) is 17.9 Å². The van der Waals surface area contributed by atoms with Gasteiger partial charge < -0.3 is 4.42 Å². The van der Waals surface area contributed by atoms with Gasteiger partial charge in [-0.05, 0) is 36.4 Å². The maximum absolute atomic E-state index is 11.9. The summed E-state index contributed by atoms with van der Waals surface area (Å²) in [6.45, 7) is 0. The number of sulfone groups is 1. The second-order valence-corrected chi connectivity index (χ2v) is 6.61. The first kappa shape index (κ1) is 16.5. The molecule has 0 radical (unpaired) electrons. The highest BCUT2D eigenvalue weighted by Crippen LogP contribution is 2.11. The summed E-state index contributed by atoms with van der Waals surface area (Å²) in [6, 6.07) is 8.85.